The Kier molecular flexibility index (Phi) is 9.27. The minimum atomic E-state index is 1.18. The normalized spacial score (nSPS) is 12.4. The average Bonchev–Trinajstić information content (AvgIpc) is 1.39. The molecule has 0 aliphatic rings. The second-order valence-electron chi connectivity index (χ2n) is 24.1. The first-order valence-electron chi connectivity index (χ1n) is 30.1. The molecule has 0 atom stereocenters. The molecule has 0 saturated heterocycles. The minimum absolute atomic E-state index is 1.18. The number of hydrogen-bond donors (Lipinski definition) is 0. The summed E-state index contributed by atoms with van der Waals surface area (Å²) in [7, 11) is 0. The lowest BCUT2D eigenvalue weighted by Crippen LogP contribution is -1.98. The molecule has 0 heteroatoms. The van der Waals surface area contributed by atoms with Crippen LogP contribution in [0.3, 0.4) is 0 Å². The quantitative estimate of drug-likeness (QED) is 0.115. The molecule has 20 rings (SSSR count). The van der Waals surface area contributed by atoms with Gasteiger partial charge < -0.3 is 0 Å². The van der Waals surface area contributed by atoms with Crippen LogP contribution < -0.4 is 0 Å². The molecule has 0 fully saturated rings. The van der Waals surface area contributed by atoms with Crippen molar-refractivity contribution in [2.24, 2.45) is 0 Å². The zero-order valence-electron chi connectivity index (χ0n) is 46.7. The zero-order chi connectivity index (χ0) is 55.9. The van der Waals surface area contributed by atoms with Crippen LogP contribution in [0.5, 0.6) is 0 Å². The largest absolute Gasteiger partial charge is 0.0610 e. The van der Waals surface area contributed by atoms with Crippen molar-refractivity contribution in [3.05, 3.63) is 291 Å². The Morgan fingerprint density at radius 1 is 0.116 bits per heavy atom. The number of rotatable bonds is 6. The second-order valence-corrected chi connectivity index (χ2v) is 24.1. The molecule has 20 aromatic rings. The molecule has 0 amide bonds. The Hall–Kier alpha value is -11.2. The lowest BCUT2D eigenvalue weighted by Gasteiger charge is -2.25. The summed E-state index contributed by atoms with van der Waals surface area (Å²) in [6, 6.07) is 111. The molecule has 0 radical (unpaired) electrons. The van der Waals surface area contributed by atoms with Crippen LogP contribution in [0.15, 0.2) is 291 Å². The highest BCUT2D eigenvalue weighted by Crippen LogP contribution is 2.54. The highest BCUT2D eigenvalue weighted by atomic mass is 14.3. The van der Waals surface area contributed by atoms with Crippen LogP contribution in [0.4, 0.5) is 0 Å². The Bertz CT molecular complexity index is 6150. The van der Waals surface area contributed by atoms with E-state index in [2.05, 4.69) is 291 Å². The Morgan fingerprint density at radius 3 is 0.791 bits per heavy atom. The molecule has 20 aromatic carbocycles. The minimum Gasteiger partial charge on any atom is -0.0610 e. The maximum absolute atomic E-state index is 2.41. The zero-order valence-corrected chi connectivity index (χ0v) is 46.7. The first kappa shape index (κ1) is 46.3. The van der Waals surface area contributed by atoms with Gasteiger partial charge in [-0.3, -0.25) is 0 Å². The van der Waals surface area contributed by atoms with Gasteiger partial charge in [0.15, 0.2) is 0 Å². The van der Waals surface area contributed by atoms with Gasteiger partial charge in [0.05, 0.1) is 0 Å². The number of fused-ring (bicyclic) bond motifs is 2. The molecule has 392 valence electrons. The standard InChI is InChI=1S/C86H48/c1-7-53-31-34-60-37-43-65(70-46-40-56(10-1)75(53)79(60)70)49-19-25-59(26-20-49)82-74-18-6-16-69-68-15-4-13-52-14-5-17-73(78(52)68)86(85(69)74)84(64-29-23-51(24-30-64)67-45-39-62-36-33-55-9-3-12-58-42-48-72(67)81(62)77(55)58)83(82)63-27-21-50(22-28-63)66-44-38-61-35-32-54-8-2-11-57-41-47-71(66)80(61)76(54)57/h1-48H. The van der Waals surface area contributed by atoms with Crippen LogP contribution in [-0.2, 0) is 0 Å². The molecule has 0 nitrogen and oxygen atoms in total. The summed E-state index contributed by atoms with van der Waals surface area (Å²) >= 11 is 0. The molecular weight excluding hydrogens is 1030 g/mol. The number of benzene rings is 20. The van der Waals surface area contributed by atoms with Crippen LogP contribution >= 0.6 is 0 Å². The summed E-state index contributed by atoms with van der Waals surface area (Å²) in [5.41, 5.74) is 14.6. The predicted molar refractivity (Wildman–Crippen MR) is 371 cm³/mol. The lowest BCUT2D eigenvalue weighted by atomic mass is 9.77. The molecule has 0 saturated carbocycles. The van der Waals surface area contributed by atoms with Gasteiger partial charge in [-0.1, -0.05) is 291 Å². The Balaban J connectivity index is 0.856. The maximum Gasteiger partial charge on any atom is -0.000741 e. The molecule has 0 aliphatic carbocycles. The fourth-order valence-electron chi connectivity index (χ4n) is 16.1. The van der Waals surface area contributed by atoms with Crippen molar-refractivity contribution >= 4 is 140 Å². The topological polar surface area (TPSA) is 0 Å². The van der Waals surface area contributed by atoms with E-state index in [1.807, 2.05) is 0 Å². The average molecular weight is 1080 g/mol. The molecule has 0 unspecified atom stereocenters. The lowest BCUT2D eigenvalue weighted by molar-refractivity contribution is 1.59. The fourth-order valence-corrected chi connectivity index (χ4v) is 16.1. The molecule has 0 N–H and O–H groups in total. The monoisotopic (exact) mass is 1080 g/mol. The third kappa shape index (κ3) is 6.32. The van der Waals surface area contributed by atoms with E-state index in [1.54, 1.807) is 0 Å². The molecule has 0 spiro atoms. The molecule has 0 aliphatic heterocycles. The highest BCUT2D eigenvalue weighted by molar-refractivity contribution is 6.39. The molecule has 0 aromatic heterocycles. The SMILES string of the molecule is c1cc2ccc3ccc(-c4ccc(-c5c(-c6ccc(-c7ccc8ccc9cccc%10ccc7c8c9%10)cc6)c6cccc7c8cccc9cccc(c(c5-c5ccc(-c%10ccc%11ccc%12cccc%13ccc%10c%11c%12%13)cc5)c67)c98)cc4)c4ccc(c1)c2c34. The summed E-state index contributed by atoms with van der Waals surface area (Å²) in [6.07, 6.45) is 0. The van der Waals surface area contributed by atoms with Crippen LogP contribution in [-0.4, -0.2) is 0 Å². The van der Waals surface area contributed by atoms with E-state index in [9.17, 15) is 0 Å². The van der Waals surface area contributed by atoms with E-state index in [0.717, 1.165) is 0 Å². The van der Waals surface area contributed by atoms with Gasteiger partial charge in [-0.15, -0.1) is 0 Å². The molecule has 0 bridgehead atoms. The van der Waals surface area contributed by atoms with E-state index in [1.165, 1.54) is 207 Å². The second kappa shape index (κ2) is 17.2. The van der Waals surface area contributed by atoms with Crippen LogP contribution in [0, 0.1) is 0 Å². The van der Waals surface area contributed by atoms with E-state index in [4.69, 9.17) is 0 Å². The Labute approximate surface area is 495 Å². The van der Waals surface area contributed by atoms with E-state index in [-0.39, 0.29) is 0 Å². The van der Waals surface area contributed by atoms with Crippen molar-refractivity contribution in [2.75, 3.05) is 0 Å². The first-order chi connectivity index (χ1) is 42.6. The van der Waals surface area contributed by atoms with E-state index < -0.39 is 0 Å². The van der Waals surface area contributed by atoms with Crippen LogP contribution in [0.25, 0.3) is 207 Å². The van der Waals surface area contributed by atoms with Gasteiger partial charge in [0.1, 0.15) is 0 Å². The van der Waals surface area contributed by atoms with E-state index >= 15 is 0 Å². The van der Waals surface area contributed by atoms with Crippen LogP contribution in [0.1, 0.15) is 0 Å². The summed E-state index contributed by atoms with van der Waals surface area (Å²) in [5.74, 6) is 0. The summed E-state index contributed by atoms with van der Waals surface area (Å²) in [6.45, 7) is 0. The predicted octanol–water partition coefficient (Wildman–Crippen LogP) is 24.4. The van der Waals surface area contributed by atoms with Gasteiger partial charge in [0.2, 0.25) is 0 Å². The summed E-state index contributed by atoms with van der Waals surface area (Å²) in [4.78, 5) is 0. The third-order valence-corrected chi connectivity index (χ3v) is 19.8. The van der Waals surface area contributed by atoms with Gasteiger partial charge in [0.25, 0.3) is 0 Å². The van der Waals surface area contributed by atoms with E-state index in [0.29, 0.717) is 0 Å². The van der Waals surface area contributed by atoms with Crippen molar-refractivity contribution in [3.63, 3.8) is 0 Å². The highest BCUT2D eigenvalue weighted by Gasteiger charge is 2.27. The molecular formula is C86H48. The van der Waals surface area contributed by atoms with Crippen LogP contribution in [0.2, 0.25) is 0 Å². The summed E-state index contributed by atoms with van der Waals surface area (Å²) in [5, 5.41) is 33.6. The van der Waals surface area contributed by atoms with Gasteiger partial charge >= 0.3 is 0 Å². The van der Waals surface area contributed by atoms with Crippen molar-refractivity contribution in [3.8, 4) is 66.8 Å². The van der Waals surface area contributed by atoms with Gasteiger partial charge in [-0.2, -0.15) is 0 Å². The van der Waals surface area contributed by atoms with Gasteiger partial charge in [-0.05, 0) is 207 Å². The van der Waals surface area contributed by atoms with Gasteiger partial charge in [0, 0.05) is 0 Å². The third-order valence-electron chi connectivity index (χ3n) is 19.8. The van der Waals surface area contributed by atoms with Crippen molar-refractivity contribution in [1.82, 2.24) is 0 Å². The van der Waals surface area contributed by atoms with Crippen molar-refractivity contribution in [2.45, 2.75) is 0 Å². The number of hydrogen-bond acceptors (Lipinski definition) is 0. The van der Waals surface area contributed by atoms with Gasteiger partial charge in [-0.25, -0.2) is 0 Å². The smallest absolute Gasteiger partial charge is 0.000741 e. The summed E-state index contributed by atoms with van der Waals surface area (Å²) < 4.78 is 0. The Morgan fingerprint density at radius 2 is 0.384 bits per heavy atom. The fraction of sp³-hybridized carbons (Fsp3) is 0. The molecule has 0 heterocycles. The first-order valence-corrected chi connectivity index (χ1v) is 30.1. The van der Waals surface area contributed by atoms with Crippen molar-refractivity contribution in [1.29, 1.82) is 0 Å². The van der Waals surface area contributed by atoms with Crippen molar-refractivity contribution < 1.29 is 0 Å². The molecule has 86 heavy (non-hydrogen) atoms. The maximum atomic E-state index is 2.41.